The molecular formula is C21H16BrCl2NO5S. The van der Waals surface area contributed by atoms with Crippen LogP contribution < -0.4 is 4.74 Å². The van der Waals surface area contributed by atoms with E-state index in [-0.39, 0.29) is 24.7 Å². The molecule has 6 nitrogen and oxygen atoms in total. The van der Waals surface area contributed by atoms with Crippen LogP contribution in [0, 0.1) is 0 Å². The molecule has 0 spiro atoms. The SMILES string of the molecule is CCOC(=O)COc1ccc(Br)cc1/C=C1/SC(=O)N(Cc2ccc(Cl)c(Cl)c2)C1=O. The molecule has 2 aromatic carbocycles. The highest BCUT2D eigenvalue weighted by Crippen LogP contribution is 2.36. The summed E-state index contributed by atoms with van der Waals surface area (Å²) in [5.41, 5.74) is 1.22. The molecule has 2 aromatic rings. The van der Waals surface area contributed by atoms with E-state index in [0.29, 0.717) is 26.9 Å². The summed E-state index contributed by atoms with van der Waals surface area (Å²) < 4.78 is 11.1. The van der Waals surface area contributed by atoms with Crippen molar-refractivity contribution >= 4 is 74.1 Å². The Morgan fingerprint density at radius 2 is 1.94 bits per heavy atom. The summed E-state index contributed by atoms with van der Waals surface area (Å²) in [5.74, 6) is -0.553. The Hall–Kier alpha value is -2.00. The minimum absolute atomic E-state index is 0.0730. The molecule has 0 saturated carbocycles. The lowest BCUT2D eigenvalue weighted by Gasteiger charge is -2.13. The second-order valence-corrected chi connectivity index (χ2v) is 9.02. The van der Waals surface area contributed by atoms with Crippen LogP contribution in [0.3, 0.4) is 0 Å². The zero-order chi connectivity index (χ0) is 22.5. The van der Waals surface area contributed by atoms with Crippen molar-refractivity contribution in [1.29, 1.82) is 0 Å². The summed E-state index contributed by atoms with van der Waals surface area (Å²) in [6.07, 6.45) is 1.56. The molecule has 1 heterocycles. The first-order chi connectivity index (χ1) is 14.8. The Balaban J connectivity index is 1.81. The zero-order valence-corrected chi connectivity index (χ0v) is 20.1. The van der Waals surface area contributed by atoms with E-state index in [2.05, 4.69) is 15.9 Å². The Bertz CT molecular complexity index is 1080. The number of benzene rings is 2. The van der Waals surface area contributed by atoms with Gasteiger partial charge < -0.3 is 9.47 Å². The van der Waals surface area contributed by atoms with E-state index < -0.39 is 17.1 Å². The Labute approximate surface area is 201 Å². The second-order valence-electron chi connectivity index (χ2n) is 6.29. The third-order valence-electron chi connectivity index (χ3n) is 4.11. The number of hydrogen-bond acceptors (Lipinski definition) is 6. The molecule has 0 bridgehead atoms. The largest absolute Gasteiger partial charge is 0.481 e. The molecule has 0 atom stereocenters. The van der Waals surface area contributed by atoms with E-state index in [0.717, 1.165) is 21.1 Å². The average Bonchev–Trinajstić information content (AvgIpc) is 2.98. The number of nitrogens with zero attached hydrogens (tertiary/aromatic N) is 1. The fourth-order valence-corrected chi connectivity index (χ4v) is 4.23. The first kappa shape index (κ1) is 23.7. The van der Waals surface area contributed by atoms with Gasteiger partial charge in [0, 0.05) is 10.0 Å². The second kappa shape index (κ2) is 10.5. The third kappa shape index (κ3) is 6.04. The summed E-state index contributed by atoms with van der Waals surface area (Å²) in [7, 11) is 0. The van der Waals surface area contributed by atoms with Crippen molar-refractivity contribution in [3.8, 4) is 5.75 Å². The molecule has 10 heteroatoms. The molecule has 0 aliphatic carbocycles. The third-order valence-corrected chi connectivity index (χ3v) is 6.25. The first-order valence-electron chi connectivity index (χ1n) is 9.05. The van der Waals surface area contributed by atoms with Crippen molar-refractivity contribution in [3.63, 3.8) is 0 Å². The van der Waals surface area contributed by atoms with Crippen LogP contribution in [0.2, 0.25) is 10.0 Å². The van der Waals surface area contributed by atoms with E-state index in [1.807, 2.05) is 0 Å². The van der Waals surface area contributed by atoms with Crippen molar-refractivity contribution in [2.24, 2.45) is 0 Å². The molecule has 1 saturated heterocycles. The van der Waals surface area contributed by atoms with Gasteiger partial charge in [0.15, 0.2) is 6.61 Å². The molecular weight excluding hydrogens is 529 g/mol. The van der Waals surface area contributed by atoms with E-state index in [1.165, 1.54) is 0 Å². The average molecular weight is 545 g/mol. The minimum Gasteiger partial charge on any atom is -0.481 e. The quantitative estimate of drug-likeness (QED) is 0.317. The predicted molar refractivity (Wildman–Crippen MR) is 124 cm³/mol. The van der Waals surface area contributed by atoms with Crippen LogP contribution in [-0.2, 0) is 20.9 Å². The highest BCUT2D eigenvalue weighted by Gasteiger charge is 2.35. The minimum atomic E-state index is -0.502. The van der Waals surface area contributed by atoms with Gasteiger partial charge in [0.25, 0.3) is 11.1 Å². The highest BCUT2D eigenvalue weighted by atomic mass is 79.9. The standard InChI is InChI=1S/C21H16BrCl2NO5S/c1-2-29-19(26)11-30-17-6-4-14(22)8-13(17)9-18-20(27)25(21(28)31-18)10-12-3-5-15(23)16(24)7-12/h3-9H,2,10-11H2,1H3/b18-9+. The van der Waals surface area contributed by atoms with Crippen molar-refractivity contribution < 1.29 is 23.9 Å². The summed E-state index contributed by atoms with van der Waals surface area (Å²) in [4.78, 5) is 38.3. The van der Waals surface area contributed by atoms with Gasteiger partial charge in [-0.1, -0.05) is 45.2 Å². The van der Waals surface area contributed by atoms with E-state index in [9.17, 15) is 14.4 Å². The van der Waals surface area contributed by atoms with Gasteiger partial charge in [0.1, 0.15) is 5.75 Å². The maximum absolute atomic E-state index is 12.9. The molecule has 1 fully saturated rings. The molecule has 0 aromatic heterocycles. The lowest BCUT2D eigenvalue weighted by atomic mass is 10.1. The van der Waals surface area contributed by atoms with Gasteiger partial charge in [-0.2, -0.15) is 0 Å². The number of halogens is 3. The fourth-order valence-electron chi connectivity index (χ4n) is 2.70. The number of ether oxygens (including phenoxy) is 2. The van der Waals surface area contributed by atoms with Gasteiger partial charge in [0.2, 0.25) is 0 Å². The molecule has 1 aliphatic heterocycles. The Kier molecular flexibility index (Phi) is 8.05. The first-order valence-corrected chi connectivity index (χ1v) is 11.4. The number of imide groups is 1. The molecule has 0 N–H and O–H groups in total. The van der Waals surface area contributed by atoms with Crippen LogP contribution in [-0.4, -0.2) is 35.2 Å². The van der Waals surface area contributed by atoms with Gasteiger partial charge in [-0.3, -0.25) is 14.5 Å². The smallest absolute Gasteiger partial charge is 0.344 e. The zero-order valence-electron chi connectivity index (χ0n) is 16.2. The molecule has 0 unspecified atom stereocenters. The van der Waals surface area contributed by atoms with Gasteiger partial charge >= 0.3 is 5.97 Å². The number of hydrogen-bond donors (Lipinski definition) is 0. The lowest BCUT2D eigenvalue weighted by molar-refractivity contribution is -0.145. The van der Waals surface area contributed by atoms with Crippen molar-refractivity contribution in [2.45, 2.75) is 13.5 Å². The summed E-state index contributed by atoms with van der Waals surface area (Å²) in [6.45, 7) is 1.76. The normalized spacial score (nSPS) is 15.0. The van der Waals surface area contributed by atoms with Crippen LogP contribution in [0.5, 0.6) is 5.75 Å². The number of rotatable bonds is 7. The number of esters is 1. The molecule has 2 amide bonds. The summed E-state index contributed by atoms with van der Waals surface area (Å²) in [5, 5.41) is 0.343. The summed E-state index contributed by atoms with van der Waals surface area (Å²) in [6, 6.07) is 10.1. The maximum atomic E-state index is 12.9. The van der Waals surface area contributed by atoms with E-state index in [1.54, 1.807) is 49.4 Å². The van der Waals surface area contributed by atoms with Gasteiger partial charge in [-0.05, 0) is 60.7 Å². The van der Waals surface area contributed by atoms with Crippen LogP contribution in [0.15, 0.2) is 45.8 Å². The molecule has 0 radical (unpaired) electrons. The van der Waals surface area contributed by atoms with Crippen molar-refractivity contribution in [2.75, 3.05) is 13.2 Å². The Morgan fingerprint density at radius 3 is 2.65 bits per heavy atom. The molecule has 3 rings (SSSR count). The highest BCUT2D eigenvalue weighted by molar-refractivity contribution is 9.10. The lowest BCUT2D eigenvalue weighted by Crippen LogP contribution is -2.27. The van der Waals surface area contributed by atoms with Gasteiger partial charge in [-0.15, -0.1) is 0 Å². The number of carbonyl (C=O) groups excluding carboxylic acids is 3. The number of amides is 2. The summed E-state index contributed by atoms with van der Waals surface area (Å²) >= 11 is 16.1. The predicted octanol–water partition coefficient (Wildman–Crippen LogP) is 5.93. The van der Waals surface area contributed by atoms with Gasteiger partial charge in [-0.25, -0.2) is 4.79 Å². The Morgan fingerprint density at radius 1 is 1.16 bits per heavy atom. The van der Waals surface area contributed by atoms with Crippen molar-refractivity contribution in [1.82, 2.24) is 4.90 Å². The van der Waals surface area contributed by atoms with Gasteiger partial charge in [0.05, 0.1) is 28.1 Å². The van der Waals surface area contributed by atoms with Crippen LogP contribution in [0.4, 0.5) is 4.79 Å². The molecule has 31 heavy (non-hydrogen) atoms. The topological polar surface area (TPSA) is 72.9 Å². The molecule has 1 aliphatic rings. The van der Waals surface area contributed by atoms with Crippen LogP contribution >= 0.6 is 50.9 Å². The van der Waals surface area contributed by atoms with E-state index in [4.69, 9.17) is 32.7 Å². The number of carbonyl (C=O) groups is 3. The van der Waals surface area contributed by atoms with E-state index >= 15 is 0 Å². The van der Waals surface area contributed by atoms with Crippen LogP contribution in [0.25, 0.3) is 6.08 Å². The molecule has 162 valence electrons. The maximum Gasteiger partial charge on any atom is 0.344 e. The van der Waals surface area contributed by atoms with Crippen LogP contribution in [0.1, 0.15) is 18.1 Å². The fraction of sp³-hybridized carbons (Fsp3) is 0.190. The van der Waals surface area contributed by atoms with Crippen molar-refractivity contribution in [3.05, 3.63) is 66.9 Å². The monoisotopic (exact) mass is 543 g/mol. The number of thioether (sulfide) groups is 1.